The molecule has 15 heavy (non-hydrogen) atoms. The Bertz CT molecular complexity index is 385. The summed E-state index contributed by atoms with van der Waals surface area (Å²) in [4.78, 5) is 0. The van der Waals surface area contributed by atoms with Crippen LogP contribution in [0.2, 0.25) is 5.02 Å². The lowest BCUT2D eigenvalue weighted by Crippen LogP contribution is -1.96. The van der Waals surface area contributed by atoms with E-state index < -0.39 is 0 Å². The first-order valence-electron chi connectivity index (χ1n) is 4.51. The first kappa shape index (κ1) is 11.7. The molecular weight excluding hydrogens is 214 g/mol. The van der Waals surface area contributed by atoms with Gasteiger partial charge in [-0.15, -0.1) is 0 Å². The highest BCUT2D eigenvalue weighted by Crippen LogP contribution is 2.38. The SMILES string of the molecule is COc1c(Cl)ccc(CCC#N)c1OC. The normalized spacial score (nSPS) is 9.47. The van der Waals surface area contributed by atoms with Gasteiger partial charge in [-0.3, -0.25) is 0 Å². The smallest absolute Gasteiger partial charge is 0.179 e. The lowest BCUT2D eigenvalue weighted by molar-refractivity contribution is 0.352. The number of halogens is 1. The molecular formula is C11H12ClNO2. The second-order valence-corrected chi connectivity index (χ2v) is 3.34. The second kappa shape index (κ2) is 5.47. The highest BCUT2D eigenvalue weighted by molar-refractivity contribution is 6.32. The van der Waals surface area contributed by atoms with Crippen molar-refractivity contribution < 1.29 is 9.47 Å². The van der Waals surface area contributed by atoms with Crippen molar-refractivity contribution in [2.75, 3.05) is 14.2 Å². The molecule has 0 radical (unpaired) electrons. The summed E-state index contributed by atoms with van der Waals surface area (Å²) >= 11 is 5.94. The molecule has 0 fully saturated rings. The molecule has 4 heteroatoms. The quantitative estimate of drug-likeness (QED) is 0.791. The molecule has 1 aromatic carbocycles. The molecule has 0 aliphatic carbocycles. The number of nitriles is 1. The fourth-order valence-corrected chi connectivity index (χ4v) is 1.61. The van der Waals surface area contributed by atoms with Crippen molar-refractivity contribution in [2.45, 2.75) is 12.8 Å². The van der Waals surface area contributed by atoms with Crippen molar-refractivity contribution in [1.29, 1.82) is 5.26 Å². The molecule has 3 nitrogen and oxygen atoms in total. The minimum Gasteiger partial charge on any atom is -0.493 e. The molecule has 0 unspecified atom stereocenters. The average molecular weight is 226 g/mol. The van der Waals surface area contributed by atoms with Gasteiger partial charge in [0.05, 0.1) is 25.3 Å². The van der Waals surface area contributed by atoms with Crippen LogP contribution in [0.1, 0.15) is 12.0 Å². The summed E-state index contributed by atoms with van der Waals surface area (Å²) < 4.78 is 10.4. The van der Waals surface area contributed by atoms with Crippen LogP contribution in [0.3, 0.4) is 0 Å². The summed E-state index contributed by atoms with van der Waals surface area (Å²) in [5, 5.41) is 9.03. The molecule has 80 valence electrons. The zero-order valence-corrected chi connectivity index (χ0v) is 9.47. The topological polar surface area (TPSA) is 42.2 Å². The molecule has 0 bridgehead atoms. The fraction of sp³-hybridized carbons (Fsp3) is 0.364. The van der Waals surface area contributed by atoms with Gasteiger partial charge in [-0.25, -0.2) is 0 Å². The minimum absolute atomic E-state index is 0.446. The van der Waals surface area contributed by atoms with Gasteiger partial charge in [0, 0.05) is 6.42 Å². The molecule has 0 amide bonds. The zero-order valence-electron chi connectivity index (χ0n) is 8.71. The lowest BCUT2D eigenvalue weighted by Gasteiger charge is -2.12. The zero-order chi connectivity index (χ0) is 11.3. The molecule has 0 saturated carbocycles. The Balaban J connectivity index is 3.12. The summed E-state index contributed by atoms with van der Waals surface area (Å²) in [5.74, 6) is 1.13. The summed E-state index contributed by atoms with van der Waals surface area (Å²) in [7, 11) is 3.10. The molecule has 0 atom stereocenters. The maximum absolute atomic E-state index is 8.52. The van der Waals surface area contributed by atoms with E-state index in [4.69, 9.17) is 26.3 Å². The van der Waals surface area contributed by atoms with Crippen LogP contribution in [0.25, 0.3) is 0 Å². The molecule has 0 saturated heterocycles. The standard InChI is InChI=1S/C11H12ClNO2/c1-14-10-8(4-3-7-13)5-6-9(12)11(10)15-2/h5-6H,3-4H2,1-2H3. The van der Waals surface area contributed by atoms with Gasteiger partial charge in [0.25, 0.3) is 0 Å². The fourth-order valence-electron chi connectivity index (χ4n) is 1.38. The number of rotatable bonds is 4. The van der Waals surface area contributed by atoms with Crippen molar-refractivity contribution in [2.24, 2.45) is 0 Å². The molecule has 1 rings (SSSR count). The Labute approximate surface area is 94.2 Å². The highest BCUT2D eigenvalue weighted by atomic mass is 35.5. The predicted molar refractivity (Wildman–Crippen MR) is 58.5 cm³/mol. The molecule has 0 aromatic heterocycles. The average Bonchev–Trinajstić information content (AvgIpc) is 2.26. The number of methoxy groups -OCH3 is 2. The van der Waals surface area contributed by atoms with Gasteiger partial charge in [-0.2, -0.15) is 5.26 Å². The first-order chi connectivity index (χ1) is 7.24. The van der Waals surface area contributed by atoms with Crippen molar-refractivity contribution in [3.63, 3.8) is 0 Å². The van der Waals surface area contributed by atoms with Crippen LogP contribution in [0.5, 0.6) is 11.5 Å². The third kappa shape index (κ3) is 2.54. The molecule has 0 spiro atoms. The number of benzene rings is 1. The van der Waals surface area contributed by atoms with Crippen LogP contribution in [-0.2, 0) is 6.42 Å². The maximum atomic E-state index is 8.52. The first-order valence-corrected chi connectivity index (χ1v) is 4.88. The molecule has 1 aromatic rings. The van der Waals surface area contributed by atoms with Gasteiger partial charge in [-0.1, -0.05) is 17.7 Å². The second-order valence-electron chi connectivity index (χ2n) is 2.93. The van der Waals surface area contributed by atoms with Crippen LogP contribution in [-0.4, -0.2) is 14.2 Å². The van der Waals surface area contributed by atoms with Gasteiger partial charge < -0.3 is 9.47 Å². The van der Waals surface area contributed by atoms with Gasteiger partial charge in [0.15, 0.2) is 11.5 Å². The van der Waals surface area contributed by atoms with E-state index in [1.54, 1.807) is 13.2 Å². The Morgan fingerprint density at radius 1 is 1.27 bits per heavy atom. The number of aryl methyl sites for hydroxylation is 1. The van der Waals surface area contributed by atoms with Gasteiger partial charge in [0.1, 0.15) is 0 Å². The monoisotopic (exact) mass is 225 g/mol. The van der Waals surface area contributed by atoms with E-state index in [1.165, 1.54) is 7.11 Å². The van der Waals surface area contributed by atoms with Crippen LogP contribution in [0, 0.1) is 11.3 Å². The Morgan fingerprint density at radius 3 is 2.47 bits per heavy atom. The van der Waals surface area contributed by atoms with Crippen LogP contribution in [0.15, 0.2) is 12.1 Å². The van der Waals surface area contributed by atoms with Crippen molar-refractivity contribution in [1.82, 2.24) is 0 Å². The number of hydrogen-bond acceptors (Lipinski definition) is 3. The highest BCUT2D eigenvalue weighted by Gasteiger charge is 2.13. The molecule has 0 aliphatic rings. The van der Waals surface area contributed by atoms with E-state index in [9.17, 15) is 0 Å². The lowest BCUT2D eigenvalue weighted by atomic mass is 10.1. The largest absolute Gasteiger partial charge is 0.493 e. The van der Waals surface area contributed by atoms with Gasteiger partial charge in [-0.05, 0) is 18.1 Å². The van der Waals surface area contributed by atoms with E-state index in [0.29, 0.717) is 29.4 Å². The van der Waals surface area contributed by atoms with Crippen molar-refractivity contribution in [3.05, 3.63) is 22.7 Å². The Kier molecular flexibility index (Phi) is 4.26. The summed E-state index contributed by atoms with van der Waals surface area (Å²) in [6.07, 6.45) is 1.08. The molecule has 0 heterocycles. The Morgan fingerprint density at radius 2 is 1.93 bits per heavy atom. The predicted octanol–water partition coefficient (Wildman–Crippen LogP) is 2.81. The number of ether oxygens (including phenoxy) is 2. The van der Waals surface area contributed by atoms with Crippen molar-refractivity contribution in [3.8, 4) is 17.6 Å². The minimum atomic E-state index is 0.446. The summed E-state index contributed by atoms with van der Waals surface area (Å²) in [5.41, 5.74) is 0.931. The summed E-state index contributed by atoms with van der Waals surface area (Å²) in [6, 6.07) is 5.68. The van der Waals surface area contributed by atoms with Crippen molar-refractivity contribution >= 4 is 11.6 Å². The summed E-state index contributed by atoms with van der Waals surface area (Å²) in [6.45, 7) is 0. The van der Waals surface area contributed by atoms with E-state index in [-0.39, 0.29) is 0 Å². The van der Waals surface area contributed by atoms with Crippen LogP contribution < -0.4 is 9.47 Å². The van der Waals surface area contributed by atoms with Crippen LogP contribution in [0.4, 0.5) is 0 Å². The van der Waals surface area contributed by atoms with Gasteiger partial charge >= 0.3 is 0 Å². The van der Waals surface area contributed by atoms with E-state index in [2.05, 4.69) is 6.07 Å². The van der Waals surface area contributed by atoms with E-state index >= 15 is 0 Å². The third-order valence-electron chi connectivity index (χ3n) is 2.06. The third-order valence-corrected chi connectivity index (χ3v) is 2.36. The number of hydrogen-bond donors (Lipinski definition) is 0. The molecule has 0 N–H and O–H groups in total. The molecule has 0 aliphatic heterocycles. The van der Waals surface area contributed by atoms with E-state index in [0.717, 1.165) is 5.56 Å². The maximum Gasteiger partial charge on any atom is 0.179 e. The van der Waals surface area contributed by atoms with Gasteiger partial charge in [0.2, 0.25) is 0 Å². The Hall–Kier alpha value is -1.40. The van der Waals surface area contributed by atoms with E-state index in [1.807, 2.05) is 6.07 Å². The number of nitrogens with zero attached hydrogens (tertiary/aromatic N) is 1. The van der Waals surface area contributed by atoms with Crippen LogP contribution >= 0.6 is 11.6 Å².